The van der Waals surface area contributed by atoms with Gasteiger partial charge in [0.1, 0.15) is 4.34 Å². The first-order valence-corrected chi connectivity index (χ1v) is 8.04. The molecular formula is C12H18BrClN2S. The van der Waals surface area contributed by atoms with Crippen molar-refractivity contribution in [1.82, 2.24) is 10.2 Å². The molecule has 1 aliphatic rings. The molecule has 17 heavy (non-hydrogen) atoms. The summed E-state index contributed by atoms with van der Waals surface area (Å²) >= 11 is 11.1. The molecule has 0 aromatic carbocycles. The molecule has 1 aromatic rings. The van der Waals surface area contributed by atoms with Gasteiger partial charge in [-0.15, -0.1) is 11.3 Å². The fourth-order valence-corrected chi connectivity index (χ4v) is 3.95. The maximum Gasteiger partial charge on any atom is 0.107 e. The third kappa shape index (κ3) is 3.93. The van der Waals surface area contributed by atoms with Crippen molar-refractivity contribution in [1.29, 1.82) is 0 Å². The Kier molecular flexibility index (Phi) is 5.30. The van der Waals surface area contributed by atoms with Crippen LogP contribution in [0.5, 0.6) is 0 Å². The third-order valence-electron chi connectivity index (χ3n) is 3.20. The Morgan fingerprint density at radius 3 is 2.82 bits per heavy atom. The first kappa shape index (κ1) is 13.8. The molecule has 2 rings (SSSR count). The van der Waals surface area contributed by atoms with Crippen molar-refractivity contribution in [3.05, 3.63) is 19.8 Å². The molecule has 2 heterocycles. The van der Waals surface area contributed by atoms with Gasteiger partial charge in [-0.3, -0.25) is 4.90 Å². The molecule has 0 radical (unpaired) electrons. The Bertz CT molecular complexity index is 344. The summed E-state index contributed by atoms with van der Waals surface area (Å²) in [5, 5.41) is 3.51. The van der Waals surface area contributed by atoms with Crippen LogP contribution in [0.4, 0.5) is 0 Å². The molecule has 96 valence electrons. The highest BCUT2D eigenvalue weighted by molar-refractivity contribution is 9.10. The SMILES string of the molecule is CC(CNCc1cc(Br)c(Cl)s1)N1CCCC1. The minimum Gasteiger partial charge on any atom is -0.310 e. The van der Waals surface area contributed by atoms with E-state index in [1.165, 1.54) is 30.8 Å². The monoisotopic (exact) mass is 336 g/mol. The van der Waals surface area contributed by atoms with Gasteiger partial charge >= 0.3 is 0 Å². The Morgan fingerprint density at radius 2 is 2.24 bits per heavy atom. The second kappa shape index (κ2) is 6.53. The molecule has 1 N–H and O–H groups in total. The smallest absolute Gasteiger partial charge is 0.107 e. The van der Waals surface area contributed by atoms with Gasteiger partial charge in [0, 0.05) is 28.5 Å². The van der Waals surface area contributed by atoms with Crippen molar-refractivity contribution >= 4 is 38.9 Å². The highest BCUT2D eigenvalue weighted by Gasteiger charge is 2.17. The standard InChI is InChI=1S/C12H18BrClN2S/c1-9(16-4-2-3-5-16)7-15-8-10-6-11(13)12(14)17-10/h6,9,15H,2-5,7-8H2,1H3. The van der Waals surface area contributed by atoms with E-state index in [9.17, 15) is 0 Å². The van der Waals surface area contributed by atoms with Crippen LogP contribution in [0.2, 0.25) is 4.34 Å². The van der Waals surface area contributed by atoms with Crippen molar-refractivity contribution in [3.8, 4) is 0 Å². The number of rotatable bonds is 5. The lowest BCUT2D eigenvalue weighted by molar-refractivity contribution is 0.252. The number of likely N-dealkylation sites (tertiary alicyclic amines) is 1. The minimum atomic E-state index is 0.636. The number of halogens is 2. The van der Waals surface area contributed by atoms with Gasteiger partial charge in [-0.1, -0.05) is 11.6 Å². The zero-order valence-corrected chi connectivity index (χ0v) is 13.2. The molecule has 0 saturated carbocycles. The van der Waals surface area contributed by atoms with Crippen molar-refractivity contribution < 1.29 is 0 Å². The summed E-state index contributed by atoms with van der Waals surface area (Å²) in [6.45, 7) is 6.79. The van der Waals surface area contributed by atoms with Gasteiger partial charge in [0.25, 0.3) is 0 Å². The quantitative estimate of drug-likeness (QED) is 0.880. The van der Waals surface area contributed by atoms with E-state index in [1.54, 1.807) is 11.3 Å². The van der Waals surface area contributed by atoms with Gasteiger partial charge < -0.3 is 5.32 Å². The number of hydrogen-bond donors (Lipinski definition) is 1. The number of thiophene rings is 1. The molecule has 0 amide bonds. The fourth-order valence-electron chi connectivity index (χ4n) is 2.19. The normalized spacial score (nSPS) is 18.8. The molecular weight excluding hydrogens is 320 g/mol. The van der Waals surface area contributed by atoms with Crippen LogP contribution in [0.3, 0.4) is 0 Å². The molecule has 1 aliphatic heterocycles. The van der Waals surface area contributed by atoms with E-state index in [0.29, 0.717) is 6.04 Å². The number of nitrogens with zero attached hydrogens (tertiary/aromatic N) is 1. The van der Waals surface area contributed by atoms with Crippen molar-refractivity contribution in [2.24, 2.45) is 0 Å². The average molecular weight is 338 g/mol. The Labute approximate surface area is 120 Å². The van der Waals surface area contributed by atoms with Crippen LogP contribution < -0.4 is 5.32 Å². The summed E-state index contributed by atoms with van der Waals surface area (Å²) in [5.74, 6) is 0. The summed E-state index contributed by atoms with van der Waals surface area (Å²) in [6.07, 6.45) is 2.72. The summed E-state index contributed by atoms with van der Waals surface area (Å²) in [4.78, 5) is 3.85. The van der Waals surface area contributed by atoms with Crippen LogP contribution in [-0.4, -0.2) is 30.6 Å². The van der Waals surface area contributed by atoms with Crippen LogP contribution >= 0.6 is 38.9 Å². The van der Waals surface area contributed by atoms with Gasteiger partial charge in [0.15, 0.2) is 0 Å². The highest BCUT2D eigenvalue weighted by Crippen LogP contribution is 2.31. The van der Waals surface area contributed by atoms with E-state index in [4.69, 9.17) is 11.6 Å². The maximum atomic E-state index is 6.01. The lowest BCUT2D eigenvalue weighted by Gasteiger charge is -2.23. The van der Waals surface area contributed by atoms with E-state index in [1.807, 2.05) is 0 Å². The van der Waals surface area contributed by atoms with Crippen molar-refractivity contribution in [3.63, 3.8) is 0 Å². The first-order chi connectivity index (χ1) is 8.16. The molecule has 1 fully saturated rings. The van der Waals surface area contributed by atoms with Gasteiger partial charge in [-0.25, -0.2) is 0 Å². The zero-order valence-electron chi connectivity index (χ0n) is 10.0. The summed E-state index contributed by atoms with van der Waals surface area (Å²) in [7, 11) is 0. The van der Waals surface area contributed by atoms with E-state index in [0.717, 1.165) is 21.9 Å². The fraction of sp³-hybridized carbons (Fsp3) is 0.667. The lowest BCUT2D eigenvalue weighted by Crippen LogP contribution is -2.38. The summed E-state index contributed by atoms with van der Waals surface area (Å²) < 4.78 is 1.85. The molecule has 0 aliphatic carbocycles. The van der Waals surface area contributed by atoms with Crippen LogP contribution in [0.15, 0.2) is 10.5 Å². The van der Waals surface area contributed by atoms with Crippen LogP contribution in [0, 0.1) is 0 Å². The van der Waals surface area contributed by atoms with E-state index >= 15 is 0 Å². The predicted molar refractivity (Wildman–Crippen MR) is 79.0 cm³/mol. The number of nitrogens with one attached hydrogen (secondary N) is 1. The van der Waals surface area contributed by atoms with Gasteiger partial charge in [0.05, 0.1) is 0 Å². The molecule has 2 nitrogen and oxygen atoms in total. The van der Waals surface area contributed by atoms with E-state index in [2.05, 4.69) is 39.1 Å². The highest BCUT2D eigenvalue weighted by atomic mass is 79.9. The summed E-state index contributed by atoms with van der Waals surface area (Å²) in [5.41, 5.74) is 0. The second-order valence-electron chi connectivity index (χ2n) is 4.56. The predicted octanol–water partition coefficient (Wildman–Crippen LogP) is 3.74. The molecule has 1 unspecified atom stereocenters. The Balaban J connectivity index is 1.71. The van der Waals surface area contributed by atoms with Gasteiger partial charge in [-0.2, -0.15) is 0 Å². The third-order valence-corrected chi connectivity index (χ3v) is 5.67. The van der Waals surface area contributed by atoms with E-state index < -0.39 is 0 Å². The Morgan fingerprint density at radius 1 is 1.53 bits per heavy atom. The number of hydrogen-bond acceptors (Lipinski definition) is 3. The van der Waals surface area contributed by atoms with Crippen molar-refractivity contribution in [2.45, 2.75) is 32.4 Å². The summed E-state index contributed by atoms with van der Waals surface area (Å²) in [6, 6.07) is 2.73. The first-order valence-electron chi connectivity index (χ1n) is 6.05. The molecule has 1 aromatic heterocycles. The second-order valence-corrected chi connectivity index (χ2v) is 7.15. The largest absolute Gasteiger partial charge is 0.310 e. The van der Waals surface area contributed by atoms with Crippen LogP contribution in [-0.2, 0) is 6.54 Å². The zero-order chi connectivity index (χ0) is 12.3. The molecule has 5 heteroatoms. The molecule has 0 spiro atoms. The van der Waals surface area contributed by atoms with Crippen molar-refractivity contribution in [2.75, 3.05) is 19.6 Å². The Hall–Kier alpha value is 0.390. The maximum absolute atomic E-state index is 6.01. The van der Waals surface area contributed by atoms with Gasteiger partial charge in [-0.05, 0) is 54.9 Å². The topological polar surface area (TPSA) is 15.3 Å². The van der Waals surface area contributed by atoms with Crippen LogP contribution in [0.25, 0.3) is 0 Å². The van der Waals surface area contributed by atoms with Crippen LogP contribution in [0.1, 0.15) is 24.6 Å². The molecule has 1 saturated heterocycles. The average Bonchev–Trinajstić information content (AvgIpc) is 2.90. The molecule has 1 atom stereocenters. The lowest BCUT2D eigenvalue weighted by atomic mass is 10.3. The van der Waals surface area contributed by atoms with E-state index in [-0.39, 0.29) is 0 Å². The van der Waals surface area contributed by atoms with Gasteiger partial charge in [0.2, 0.25) is 0 Å². The minimum absolute atomic E-state index is 0.636. The molecule has 0 bridgehead atoms.